The van der Waals surface area contributed by atoms with Gasteiger partial charge in [0.1, 0.15) is 8.07 Å². The Balaban J connectivity index is 2.48. The molecule has 0 bridgehead atoms. The second kappa shape index (κ2) is 9.78. The minimum Gasteiger partial charge on any atom is -0.341 e. The van der Waals surface area contributed by atoms with Crippen molar-refractivity contribution in [3.05, 3.63) is 59.2 Å². The molecule has 4 nitrogen and oxygen atoms in total. The molecule has 0 aromatic carbocycles. The number of rotatable bonds is 6. The van der Waals surface area contributed by atoms with E-state index in [1.807, 2.05) is 45.0 Å². The number of carbonyl (C=O) groups excluding carboxylic acids is 1. The van der Waals surface area contributed by atoms with Gasteiger partial charge in [0.25, 0.3) is 5.91 Å². The van der Waals surface area contributed by atoms with Crippen molar-refractivity contribution in [3.8, 4) is 11.5 Å². The van der Waals surface area contributed by atoms with Crippen LogP contribution in [0.15, 0.2) is 36.7 Å². The molecule has 2 heterocycles. The van der Waals surface area contributed by atoms with Crippen LogP contribution in [0.2, 0.25) is 16.6 Å². The fourth-order valence-corrected chi connectivity index (χ4v) is 9.82. The van der Waals surface area contributed by atoms with Crippen molar-refractivity contribution >= 4 is 14.0 Å². The van der Waals surface area contributed by atoms with Crippen LogP contribution in [0.3, 0.4) is 0 Å². The van der Waals surface area contributed by atoms with Crippen LogP contribution in [0.25, 0.3) is 0 Å². The van der Waals surface area contributed by atoms with E-state index in [0.29, 0.717) is 27.8 Å². The molecule has 0 atom stereocenters. The third-order valence-electron chi connectivity index (χ3n) is 6.30. The van der Waals surface area contributed by atoms with Gasteiger partial charge in [-0.05, 0) is 55.6 Å². The Morgan fingerprint density at radius 2 is 1.65 bits per heavy atom. The lowest BCUT2D eigenvalue weighted by Crippen LogP contribution is -2.43. The number of nitrogens with one attached hydrogen (secondary N) is 1. The minimum atomic E-state index is -1.91. The molecule has 0 spiro atoms. The summed E-state index contributed by atoms with van der Waals surface area (Å²) >= 11 is 0. The minimum absolute atomic E-state index is 0.156. The van der Waals surface area contributed by atoms with Gasteiger partial charge >= 0.3 is 0 Å². The van der Waals surface area contributed by atoms with Crippen molar-refractivity contribution in [1.29, 1.82) is 0 Å². The van der Waals surface area contributed by atoms with Gasteiger partial charge in [0.2, 0.25) is 0 Å². The van der Waals surface area contributed by atoms with Gasteiger partial charge in [0, 0.05) is 18.1 Å². The Morgan fingerprint density at radius 1 is 1.03 bits per heavy atom. The van der Waals surface area contributed by atoms with E-state index in [-0.39, 0.29) is 5.91 Å². The highest BCUT2D eigenvalue weighted by Crippen LogP contribution is 2.40. The molecule has 0 aliphatic heterocycles. The van der Waals surface area contributed by atoms with Crippen molar-refractivity contribution in [2.45, 2.75) is 84.5 Å². The lowest BCUT2D eigenvalue weighted by molar-refractivity contribution is 0.0910. The predicted octanol–water partition coefficient (Wildman–Crippen LogP) is 6.02. The van der Waals surface area contributed by atoms with Crippen molar-refractivity contribution < 1.29 is 4.79 Å². The van der Waals surface area contributed by atoms with Crippen LogP contribution in [0.1, 0.15) is 82.7 Å². The van der Waals surface area contributed by atoms with Gasteiger partial charge in [0.15, 0.2) is 0 Å². The van der Waals surface area contributed by atoms with E-state index in [2.05, 4.69) is 68.3 Å². The number of nitrogens with zero attached hydrogens (tertiary/aromatic N) is 2. The quantitative estimate of drug-likeness (QED) is 0.446. The monoisotopic (exact) mass is 435 g/mol. The summed E-state index contributed by atoms with van der Waals surface area (Å²) < 4.78 is 0. The number of amides is 1. The summed E-state index contributed by atoms with van der Waals surface area (Å²) in [6, 6.07) is 7.55. The van der Waals surface area contributed by atoms with E-state index in [1.165, 1.54) is 0 Å². The van der Waals surface area contributed by atoms with Crippen molar-refractivity contribution in [2.75, 3.05) is 0 Å². The number of aryl methyl sites for hydroxylation is 1. The number of hydrogen-bond acceptors (Lipinski definition) is 3. The van der Waals surface area contributed by atoms with E-state index in [0.717, 1.165) is 11.4 Å². The van der Waals surface area contributed by atoms with E-state index in [4.69, 9.17) is 0 Å². The number of pyridine rings is 2. The van der Waals surface area contributed by atoms with E-state index in [9.17, 15) is 4.79 Å². The van der Waals surface area contributed by atoms with Crippen LogP contribution in [0, 0.1) is 18.4 Å². The molecule has 31 heavy (non-hydrogen) atoms. The summed E-state index contributed by atoms with van der Waals surface area (Å²) in [6.07, 6.45) is 3.48. The number of aromatic nitrogens is 2. The highest BCUT2D eigenvalue weighted by molar-refractivity contribution is 6.90. The largest absolute Gasteiger partial charge is 0.341 e. The topological polar surface area (TPSA) is 54.9 Å². The summed E-state index contributed by atoms with van der Waals surface area (Å²) in [4.78, 5) is 22.2. The van der Waals surface area contributed by atoms with Gasteiger partial charge < -0.3 is 5.32 Å². The molecule has 1 amide bonds. The van der Waals surface area contributed by atoms with E-state index in [1.54, 1.807) is 12.4 Å². The summed E-state index contributed by atoms with van der Waals surface area (Å²) in [5.74, 6) is 3.25. The average Bonchev–Trinajstić information content (AvgIpc) is 2.68. The van der Waals surface area contributed by atoms with E-state index >= 15 is 0 Å². The average molecular weight is 436 g/mol. The third kappa shape index (κ3) is 5.43. The molecular weight excluding hydrogens is 398 g/mol. The summed E-state index contributed by atoms with van der Waals surface area (Å²) in [5, 5.41) is 3.14. The van der Waals surface area contributed by atoms with Crippen molar-refractivity contribution in [3.63, 3.8) is 0 Å². The summed E-state index contributed by atoms with van der Waals surface area (Å²) in [5.41, 5.74) is 7.56. The molecule has 0 saturated carbocycles. The van der Waals surface area contributed by atoms with Gasteiger partial charge in [-0.2, -0.15) is 0 Å². The molecule has 1 N–H and O–H groups in total. The fourth-order valence-electron chi connectivity index (χ4n) is 4.60. The summed E-state index contributed by atoms with van der Waals surface area (Å²) in [6.45, 7) is 19.5. The Labute approximate surface area is 189 Å². The molecule has 166 valence electrons. The van der Waals surface area contributed by atoms with Crippen LogP contribution in [-0.4, -0.2) is 23.9 Å². The molecule has 2 aromatic rings. The predicted molar refractivity (Wildman–Crippen MR) is 132 cm³/mol. The Morgan fingerprint density at radius 3 is 2.16 bits per heavy atom. The summed E-state index contributed by atoms with van der Waals surface area (Å²) in [7, 11) is -1.91. The zero-order chi connectivity index (χ0) is 23.4. The fraction of sp³-hybridized carbons (Fsp3) is 0.500. The molecule has 2 rings (SSSR count). The maximum absolute atomic E-state index is 13.3. The van der Waals surface area contributed by atoms with Gasteiger partial charge in [-0.1, -0.05) is 53.5 Å². The van der Waals surface area contributed by atoms with Gasteiger partial charge in [-0.15, -0.1) is 5.54 Å². The Hall–Kier alpha value is -2.45. The smallest absolute Gasteiger partial charge is 0.253 e. The first-order valence-electron chi connectivity index (χ1n) is 11.2. The molecule has 0 unspecified atom stereocenters. The first-order valence-corrected chi connectivity index (χ1v) is 13.4. The number of carbonyl (C=O) groups is 1. The van der Waals surface area contributed by atoms with Crippen LogP contribution in [-0.2, 0) is 5.54 Å². The molecule has 2 aromatic heterocycles. The SMILES string of the molecule is Cc1cc(C(=O)NC(C)(C)c2ccccn2)c(C#C[Si](C(C)C)(C(C)C)C(C)C)cn1. The first-order chi connectivity index (χ1) is 14.4. The second-order valence-corrected chi connectivity index (χ2v) is 15.4. The normalized spacial score (nSPS) is 12.1. The van der Waals surface area contributed by atoms with Gasteiger partial charge in [-0.3, -0.25) is 14.8 Å². The molecule has 0 fully saturated rings. The standard InChI is InChI=1S/C26H37N3OSi/c1-18(2)31(19(3)4,20(5)6)15-13-22-17-28-21(7)16-23(22)25(30)29-26(8,9)24-12-10-11-14-27-24/h10-12,14,16-20H,1-9H3,(H,29,30). The maximum atomic E-state index is 13.3. The zero-order valence-corrected chi connectivity index (χ0v) is 21.5. The molecule has 0 aliphatic carbocycles. The molecule has 0 aliphatic rings. The Kier molecular flexibility index (Phi) is 7.83. The molecule has 0 radical (unpaired) electrons. The zero-order valence-electron chi connectivity index (χ0n) is 20.5. The lowest BCUT2D eigenvalue weighted by atomic mass is 9.98. The maximum Gasteiger partial charge on any atom is 0.253 e. The Bertz CT molecular complexity index is 947. The van der Waals surface area contributed by atoms with Gasteiger partial charge in [0.05, 0.1) is 22.4 Å². The molecular formula is C26H37N3OSi. The van der Waals surface area contributed by atoms with E-state index < -0.39 is 13.6 Å². The second-order valence-electron chi connectivity index (χ2n) is 9.81. The molecule has 5 heteroatoms. The van der Waals surface area contributed by atoms with Crippen LogP contribution in [0.5, 0.6) is 0 Å². The lowest BCUT2D eigenvalue weighted by Gasteiger charge is -2.38. The highest BCUT2D eigenvalue weighted by atomic mass is 28.3. The van der Waals surface area contributed by atoms with Crippen molar-refractivity contribution in [2.24, 2.45) is 0 Å². The van der Waals surface area contributed by atoms with Crippen molar-refractivity contribution in [1.82, 2.24) is 15.3 Å². The first kappa shape index (κ1) is 24.8. The van der Waals surface area contributed by atoms with Crippen LogP contribution in [0.4, 0.5) is 0 Å². The van der Waals surface area contributed by atoms with Gasteiger partial charge in [-0.25, -0.2) is 0 Å². The highest BCUT2D eigenvalue weighted by Gasteiger charge is 2.41. The third-order valence-corrected chi connectivity index (χ3v) is 12.6. The van der Waals surface area contributed by atoms with Crippen LogP contribution < -0.4 is 5.32 Å². The molecule has 0 saturated heterocycles. The number of hydrogen-bond donors (Lipinski definition) is 1. The van der Waals surface area contributed by atoms with Crippen LogP contribution >= 0.6 is 0 Å².